The van der Waals surface area contributed by atoms with Crippen LogP contribution in [0.15, 0.2) is 48.7 Å². The number of ether oxygens (including phenoxy) is 1. The van der Waals surface area contributed by atoms with E-state index in [9.17, 15) is 13.6 Å². The molecule has 0 fully saturated rings. The fourth-order valence-electron chi connectivity index (χ4n) is 2.04. The molecule has 0 atom stereocenters. The maximum Gasteiger partial charge on any atom is 0.327 e. The number of rotatable bonds is 4. The number of nitrogens with zero attached hydrogens (tertiary/aromatic N) is 2. The Labute approximate surface area is 156 Å². The molecule has 0 aliphatic heterocycles. The first kappa shape index (κ1) is 18.1. The van der Waals surface area contributed by atoms with Gasteiger partial charge in [-0.3, -0.25) is 10.2 Å². The lowest BCUT2D eigenvalue weighted by molar-refractivity contribution is 0.258. The summed E-state index contributed by atoms with van der Waals surface area (Å²) in [5, 5.41) is 3.45. The third kappa shape index (κ3) is 4.27. The van der Waals surface area contributed by atoms with Gasteiger partial charge >= 0.3 is 6.03 Å². The van der Waals surface area contributed by atoms with Crippen molar-refractivity contribution in [3.05, 3.63) is 65.3 Å². The summed E-state index contributed by atoms with van der Waals surface area (Å²) in [7, 11) is 1.40. The molecule has 5 nitrogen and oxygen atoms in total. The third-order valence-corrected chi connectivity index (χ3v) is 4.31. The van der Waals surface area contributed by atoms with Gasteiger partial charge in [-0.05, 0) is 30.3 Å². The minimum Gasteiger partial charge on any atom is -0.445 e. The van der Waals surface area contributed by atoms with Crippen molar-refractivity contribution in [1.29, 1.82) is 0 Å². The molecule has 3 aromatic rings. The minimum absolute atomic E-state index is 0.0304. The molecule has 0 spiro atoms. The zero-order chi connectivity index (χ0) is 18.7. The lowest BCUT2D eigenvalue weighted by Crippen LogP contribution is -2.31. The van der Waals surface area contributed by atoms with Crippen LogP contribution in [0.25, 0.3) is 0 Å². The molecule has 134 valence electrons. The van der Waals surface area contributed by atoms with E-state index < -0.39 is 17.7 Å². The summed E-state index contributed by atoms with van der Waals surface area (Å²) in [6.07, 6.45) is 1.39. The Morgan fingerprint density at radius 1 is 1.27 bits per heavy atom. The standard InChI is InChI=1S/C17H12ClF2N3O2S/c1-23(14-7-10(18)5-6-13(14)20)17(24)22-16-21-9-15(26-16)25-12-4-2-3-11(19)8-12/h2-9H,1H3,(H,21,22,24). The van der Waals surface area contributed by atoms with Gasteiger partial charge in [-0.15, -0.1) is 0 Å². The summed E-state index contributed by atoms with van der Waals surface area (Å²) in [4.78, 5) is 17.4. The van der Waals surface area contributed by atoms with Crippen LogP contribution in [0.3, 0.4) is 0 Å². The molecule has 0 aliphatic carbocycles. The van der Waals surface area contributed by atoms with Crippen molar-refractivity contribution in [2.75, 3.05) is 17.3 Å². The molecule has 1 aromatic heterocycles. The number of amides is 2. The predicted molar refractivity (Wildman–Crippen MR) is 97.4 cm³/mol. The van der Waals surface area contributed by atoms with E-state index in [2.05, 4.69) is 10.3 Å². The van der Waals surface area contributed by atoms with Crippen LogP contribution in [0.2, 0.25) is 5.02 Å². The average Bonchev–Trinajstić information content (AvgIpc) is 3.03. The number of anilines is 2. The van der Waals surface area contributed by atoms with Crippen molar-refractivity contribution < 1.29 is 18.3 Å². The molecule has 0 saturated heterocycles. The molecule has 1 N–H and O–H groups in total. The van der Waals surface area contributed by atoms with Crippen LogP contribution in [-0.2, 0) is 0 Å². The summed E-state index contributed by atoms with van der Waals surface area (Å²) in [5.41, 5.74) is 0.0304. The fraction of sp³-hybridized carbons (Fsp3) is 0.0588. The number of thiazole rings is 1. The Kier molecular flexibility index (Phi) is 5.34. The molecule has 0 aliphatic rings. The number of aromatic nitrogens is 1. The highest BCUT2D eigenvalue weighted by Gasteiger charge is 2.17. The number of hydrogen-bond acceptors (Lipinski definition) is 4. The largest absolute Gasteiger partial charge is 0.445 e. The van der Waals surface area contributed by atoms with Gasteiger partial charge in [-0.25, -0.2) is 18.6 Å². The van der Waals surface area contributed by atoms with Gasteiger partial charge in [0.1, 0.15) is 17.4 Å². The molecule has 1 heterocycles. The van der Waals surface area contributed by atoms with E-state index in [-0.39, 0.29) is 10.8 Å². The van der Waals surface area contributed by atoms with Crippen LogP contribution in [0.5, 0.6) is 10.8 Å². The molecule has 9 heteroatoms. The lowest BCUT2D eigenvalue weighted by atomic mass is 10.3. The van der Waals surface area contributed by atoms with E-state index in [1.807, 2.05) is 0 Å². The van der Waals surface area contributed by atoms with Gasteiger partial charge in [0.05, 0.1) is 11.9 Å². The van der Waals surface area contributed by atoms with Gasteiger partial charge in [0.25, 0.3) is 0 Å². The smallest absolute Gasteiger partial charge is 0.327 e. The van der Waals surface area contributed by atoms with E-state index in [0.29, 0.717) is 15.8 Å². The second kappa shape index (κ2) is 7.67. The van der Waals surface area contributed by atoms with E-state index in [0.717, 1.165) is 16.2 Å². The normalized spacial score (nSPS) is 10.5. The Hall–Kier alpha value is -2.71. The van der Waals surface area contributed by atoms with E-state index >= 15 is 0 Å². The number of carbonyl (C=O) groups excluding carboxylic acids is 1. The van der Waals surface area contributed by atoms with Gasteiger partial charge in [-0.1, -0.05) is 29.0 Å². The van der Waals surface area contributed by atoms with Crippen LogP contribution in [0, 0.1) is 11.6 Å². The number of halogens is 3. The van der Waals surface area contributed by atoms with Crippen LogP contribution in [0.4, 0.5) is 24.4 Å². The molecular weight excluding hydrogens is 384 g/mol. The Bertz CT molecular complexity index is 951. The highest BCUT2D eigenvalue weighted by Crippen LogP contribution is 2.31. The first-order chi connectivity index (χ1) is 12.4. The molecule has 0 unspecified atom stereocenters. The molecule has 3 rings (SSSR count). The van der Waals surface area contributed by atoms with Gasteiger partial charge in [-0.2, -0.15) is 0 Å². The first-order valence-corrected chi connectivity index (χ1v) is 8.51. The van der Waals surface area contributed by atoms with Crippen LogP contribution < -0.4 is 15.0 Å². The lowest BCUT2D eigenvalue weighted by Gasteiger charge is -2.17. The highest BCUT2D eigenvalue weighted by atomic mass is 35.5. The van der Waals surface area contributed by atoms with Gasteiger partial charge in [0, 0.05) is 18.1 Å². The second-order valence-corrected chi connectivity index (χ2v) is 6.56. The third-order valence-electron chi connectivity index (χ3n) is 3.29. The van der Waals surface area contributed by atoms with Crippen molar-refractivity contribution in [2.24, 2.45) is 0 Å². The monoisotopic (exact) mass is 395 g/mol. The maximum absolute atomic E-state index is 13.9. The second-order valence-electron chi connectivity index (χ2n) is 5.13. The Balaban J connectivity index is 1.68. The molecular formula is C17H12ClF2N3O2S. The SMILES string of the molecule is CN(C(=O)Nc1ncc(Oc2cccc(F)c2)s1)c1cc(Cl)ccc1F. The summed E-state index contributed by atoms with van der Waals surface area (Å²) in [5.74, 6) is -0.698. The summed E-state index contributed by atoms with van der Waals surface area (Å²) >= 11 is 6.89. The average molecular weight is 396 g/mol. The molecule has 0 radical (unpaired) electrons. The predicted octanol–water partition coefficient (Wildman–Crippen LogP) is 5.54. The topological polar surface area (TPSA) is 54.5 Å². The molecule has 0 bridgehead atoms. The Morgan fingerprint density at radius 2 is 2.08 bits per heavy atom. The van der Waals surface area contributed by atoms with Crippen LogP contribution in [0.1, 0.15) is 0 Å². The number of nitrogens with one attached hydrogen (secondary N) is 1. The van der Waals surface area contributed by atoms with Crippen molar-refractivity contribution in [1.82, 2.24) is 4.98 Å². The number of hydrogen-bond donors (Lipinski definition) is 1. The van der Waals surface area contributed by atoms with Gasteiger partial charge < -0.3 is 4.74 Å². The number of carbonyl (C=O) groups is 1. The minimum atomic E-state index is -0.599. The van der Waals surface area contributed by atoms with Crippen LogP contribution >= 0.6 is 22.9 Å². The van der Waals surface area contributed by atoms with E-state index in [4.69, 9.17) is 16.3 Å². The number of benzene rings is 2. The van der Waals surface area contributed by atoms with Gasteiger partial charge in [0.2, 0.25) is 5.06 Å². The molecule has 2 amide bonds. The molecule has 0 saturated carbocycles. The number of urea groups is 1. The van der Waals surface area contributed by atoms with Crippen molar-refractivity contribution in [3.8, 4) is 10.8 Å². The van der Waals surface area contributed by atoms with Crippen molar-refractivity contribution in [2.45, 2.75) is 0 Å². The molecule has 26 heavy (non-hydrogen) atoms. The first-order valence-electron chi connectivity index (χ1n) is 7.31. The van der Waals surface area contributed by atoms with Gasteiger partial charge in [0.15, 0.2) is 5.13 Å². The Morgan fingerprint density at radius 3 is 2.85 bits per heavy atom. The van der Waals surface area contributed by atoms with E-state index in [1.165, 1.54) is 49.6 Å². The maximum atomic E-state index is 13.9. The molecule has 2 aromatic carbocycles. The zero-order valence-electron chi connectivity index (χ0n) is 13.4. The highest BCUT2D eigenvalue weighted by molar-refractivity contribution is 7.17. The van der Waals surface area contributed by atoms with Crippen LogP contribution in [-0.4, -0.2) is 18.1 Å². The quantitative estimate of drug-likeness (QED) is 0.631. The fourth-order valence-corrected chi connectivity index (χ4v) is 2.88. The van der Waals surface area contributed by atoms with Crippen molar-refractivity contribution in [3.63, 3.8) is 0 Å². The summed E-state index contributed by atoms with van der Waals surface area (Å²) in [6, 6.07) is 8.96. The van der Waals surface area contributed by atoms with E-state index in [1.54, 1.807) is 6.07 Å². The summed E-state index contributed by atoms with van der Waals surface area (Å²) < 4.78 is 32.5. The summed E-state index contributed by atoms with van der Waals surface area (Å²) in [6.45, 7) is 0. The zero-order valence-corrected chi connectivity index (χ0v) is 14.9. The van der Waals surface area contributed by atoms with Crippen molar-refractivity contribution >= 4 is 39.8 Å².